The lowest BCUT2D eigenvalue weighted by Crippen LogP contribution is -2.17. The van der Waals surface area contributed by atoms with E-state index in [1.54, 1.807) is 24.3 Å². The highest BCUT2D eigenvalue weighted by molar-refractivity contribution is 5.71. The summed E-state index contributed by atoms with van der Waals surface area (Å²) in [5.74, 6) is -0.0293. The van der Waals surface area contributed by atoms with E-state index in [0.717, 1.165) is 12.1 Å². The Morgan fingerprint density at radius 3 is 2.15 bits per heavy atom. The molecule has 26 heavy (non-hydrogen) atoms. The SMILES string of the molecule is CCOc1ccccc1OCC(=O)OCc1ccc(OC(F)(F)F)cc1. The number of carbonyl (C=O) groups is 1. The van der Waals surface area contributed by atoms with Crippen LogP contribution >= 0.6 is 0 Å². The molecule has 0 aliphatic carbocycles. The lowest BCUT2D eigenvalue weighted by Gasteiger charge is -2.11. The van der Waals surface area contributed by atoms with Crippen LogP contribution in [-0.2, 0) is 16.1 Å². The molecular weight excluding hydrogens is 353 g/mol. The highest BCUT2D eigenvalue weighted by atomic mass is 19.4. The third-order valence-electron chi connectivity index (χ3n) is 3.05. The third kappa shape index (κ3) is 6.54. The largest absolute Gasteiger partial charge is 0.573 e. The van der Waals surface area contributed by atoms with Gasteiger partial charge in [0, 0.05) is 0 Å². The van der Waals surface area contributed by atoms with Crippen LogP contribution < -0.4 is 14.2 Å². The van der Waals surface area contributed by atoms with Crippen LogP contribution in [0.15, 0.2) is 48.5 Å². The van der Waals surface area contributed by atoms with Crippen molar-refractivity contribution in [2.45, 2.75) is 19.9 Å². The summed E-state index contributed by atoms with van der Waals surface area (Å²) < 4.78 is 55.8. The van der Waals surface area contributed by atoms with Gasteiger partial charge in [-0.15, -0.1) is 13.2 Å². The predicted octanol–water partition coefficient (Wildman–Crippen LogP) is 4.11. The summed E-state index contributed by atoms with van der Waals surface area (Å²) in [4.78, 5) is 11.8. The van der Waals surface area contributed by atoms with E-state index in [0.29, 0.717) is 23.7 Å². The molecule has 0 fully saturated rings. The zero-order valence-electron chi connectivity index (χ0n) is 13.9. The minimum atomic E-state index is -4.75. The van der Waals surface area contributed by atoms with Crippen molar-refractivity contribution >= 4 is 5.97 Å². The van der Waals surface area contributed by atoms with Crippen molar-refractivity contribution in [3.8, 4) is 17.2 Å². The lowest BCUT2D eigenvalue weighted by molar-refractivity contribution is -0.274. The number of hydrogen-bond donors (Lipinski definition) is 0. The molecule has 0 amide bonds. The highest BCUT2D eigenvalue weighted by Crippen LogP contribution is 2.26. The molecule has 0 heterocycles. The fraction of sp³-hybridized carbons (Fsp3) is 0.278. The summed E-state index contributed by atoms with van der Waals surface area (Å²) in [6.45, 7) is 1.87. The van der Waals surface area contributed by atoms with Gasteiger partial charge in [-0.2, -0.15) is 0 Å². The van der Waals surface area contributed by atoms with Crippen molar-refractivity contribution in [1.82, 2.24) is 0 Å². The zero-order chi connectivity index (χ0) is 19.0. The van der Waals surface area contributed by atoms with E-state index in [1.165, 1.54) is 12.1 Å². The van der Waals surface area contributed by atoms with Gasteiger partial charge in [0.1, 0.15) is 12.4 Å². The fourth-order valence-electron chi connectivity index (χ4n) is 1.97. The predicted molar refractivity (Wildman–Crippen MR) is 86.0 cm³/mol. The second-order valence-corrected chi connectivity index (χ2v) is 5.02. The quantitative estimate of drug-likeness (QED) is 0.655. The molecule has 2 aromatic carbocycles. The van der Waals surface area contributed by atoms with E-state index < -0.39 is 12.3 Å². The first-order chi connectivity index (χ1) is 12.4. The summed E-state index contributed by atoms with van der Waals surface area (Å²) in [5, 5.41) is 0. The number of esters is 1. The first kappa shape index (κ1) is 19.4. The van der Waals surface area contributed by atoms with E-state index in [2.05, 4.69) is 4.74 Å². The average molecular weight is 370 g/mol. The summed E-state index contributed by atoms with van der Waals surface area (Å²) in [6.07, 6.45) is -4.75. The summed E-state index contributed by atoms with van der Waals surface area (Å²) in [5.41, 5.74) is 0.516. The van der Waals surface area contributed by atoms with Crippen LogP contribution in [0.1, 0.15) is 12.5 Å². The molecular formula is C18H17F3O5. The minimum absolute atomic E-state index is 0.0956. The molecule has 2 aromatic rings. The Labute approximate surface area is 148 Å². The number of rotatable bonds is 8. The first-order valence-corrected chi connectivity index (χ1v) is 7.72. The van der Waals surface area contributed by atoms with Crippen molar-refractivity contribution < 1.29 is 36.9 Å². The first-order valence-electron chi connectivity index (χ1n) is 7.72. The van der Waals surface area contributed by atoms with Gasteiger partial charge in [-0.25, -0.2) is 4.79 Å². The molecule has 0 aromatic heterocycles. The number of benzene rings is 2. The molecule has 0 atom stereocenters. The Hall–Kier alpha value is -2.90. The average Bonchev–Trinajstić information content (AvgIpc) is 2.59. The van der Waals surface area contributed by atoms with Crippen molar-refractivity contribution in [3.05, 3.63) is 54.1 Å². The molecule has 0 aliphatic rings. The molecule has 0 bridgehead atoms. The van der Waals surface area contributed by atoms with Gasteiger partial charge in [0.05, 0.1) is 6.61 Å². The van der Waals surface area contributed by atoms with Crippen LogP contribution in [0.25, 0.3) is 0 Å². The zero-order valence-corrected chi connectivity index (χ0v) is 13.9. The van der Waals surface area contributed by atoms with Crippen molar-refractivity contribution in [2.75, 3.05) is 13.2 Å². The minimum Gasteiger partial charge on any atom is -0.490 e. The van der Waals surface area contributed by atoms with Crippen LogP contribution in [0.5, 0.6) is 17.2 Å². The van der Waals surface area contributed by atoms with Crippen LogP contribution in [0.2, 0.25) is 0 Å². The number of ether oxygens (including phenoxy) is 4. The number of halogens is 3. The molecule has 8 heteroatoms. The third-order valence-corrected chi connectivity index (χ3v) is 3.05. The van der Waals surface area contributed by atoms with E-state index in [-0.39, 0.29) is 19.0 Å². The van der Waals surface area contributed by atoms with Crippen LogP contribution in [-0.4, -0.2) is 25.5 Å². The second-order valence-electron chi connectivity index (χ2n) is 5.02. The fourth-order valence-corrected chi connectivity index (χ4v) is 1.97. The maximum atomic E-state index is 12.1. The van der Waals surface area contributed by atoms with Gasteiger partial charge >= 0.3 is 12.3 Å². The number of carbonyl (C=O) groups excluding carboxylic acids is 1. The Balaban J connectivity index is 1.80. The maximum Gasteiger partial charge on any atom is 0.573 e. The van der Waals surface area contributed by atoms with Gasteiger partial charge in [0.2, 0.25) is 0 Å². The van der Waals surface area contributed by atoms with Crippen molar-refractivity contribution in [1.29, 1.82) is 0 Å². The van der Waals surface area contributed by atoms with E-state index in [1.807, 2.05) is 6.92 Å². The summed E-state index contributed by atoms with van der Waals surface area (Å²) >= 11 is 0. The van der Waals surface area contributed by atoms with E-state index in [4.69, 9.17) is 14.2 Å². The van der Waals surface area contributed by atoms with Crippen LogP contribution in [0.4, 0.5) is 13.2 Å². The van der Waals surface area contributed by atoms with Gasteiger partial charge in [0.15, 0.2) is 18.1 Å². The van der Waals surface area contributed by atoms with E-state index in [9.17, 15) is 18.0 Å². The molecule has 0 spiro atoms. The van der Waals surface area contributed by atoms with Crippen LogP contribution in [0, 0.1) is 0 Å². The molecule has 2 rings (SSSR count). The second kappa shape index (κ2) is 8.98. The lowest BCUT2D eigenvalue weighted by atomic mass is 10.2. The molecule has 0 N–H and O–H groups in total. The number of hydrogen-bond acceptors (Lipinski definition) is 5. The number of alkyl halides is 3. The molecule has 140 valence electrons. The summed E-state index contributed by atoms with van der Waals surface area (Å²) in [7, 11) is 0. The van der Waals surface area contributed by atoms with Gasteiger partial charge in [-0.3, -0.25) is 0 Å². The standard InChI is InChI=1S/C18H17F3O5/c1-2-23-15-5-3-4-6-16(15)24-12-17(22)25-11-13-7-9-14(10-8-13)26-18(19,20)21/h3-10H,2,11-12H2,1H3. The monoisotopic (exact) mass is 370 g/mol. The molecule has 5 nitrogen and oxygen atoms in total. The molecule has 0 radical (unpaired) electrons. The van der Waals surface area contributed by atoms with Gasteiger partial charge in [-0.05, 0) is 36.8 Å². The van der Waals surface area contributed by atoms with Crippen LogP contribution in [0.3, 0.4) is 0 Å². The summed E-state index contributed by atoms with van der Waals surface area (Å²) in [6, 6.07) is 11.9. The Bertz CT molecular complexity index is 714. The maximum absolute atomic E-state index is 12.1. The Morgan fingerprint density at radius 1 is 0.962 bits per heavy atom. The number of para-hydroxylation sites is 2. The van der Waals surface area contributed by atoms with Crippen molar-refractivity contribution in [2.24, 2.45) is 0 Å². The van der Waals surface area contributed by atoms with Crippen molar-refractivity contribution in [3.63, 3.8) is 0 Å². The van der Waals surface area contributed by atoms with Gasteiger partial charge in [0.25, 0.3) is 0 Å². The smallest absolute Gasteiger partial charge is 0.490 e. The highest BCUT2D eigenvalue weighted by Gasteiger charge is 2.30. The Morgan fingerprint density at radius 2 is 1.58 bits per heavy atom. The van der Waals surface area contributed by atoms with Gasteiger partial charge in [-0.1, -0.05) is 24.3 Å². The molecule has 0 unspecified atom stereocenters. The molecule has 0 saturated heterocycles. The van der Waals surface area contributed by atoms with Gasteiger partial charge < -0.3 is 18.9 Å². The molecule has 0 aliphatic heterocycles. The Kier molecular flexibility index (Phi) is 6.71. The van der Waals surface area contributed by atoms with E-state index >= 15 is 0 Å². The molecule has 0 saturated carbocycles. The topological polar surface area (TPSA) is 54.0 Å². The normalized spacial score (nSPS) is 10.9.